The first-order chi connectivity index (χ1) is 11.8. The molecule has 3 nitrogen and oxygen atoms in total. The number of likely N-dealkylation sites (N-methyl/N-ethyl adjacent to an activating group) is 1. The van der Waals surface area contributed by atoms with Gasteiger partial charge in [0, 0.05) is 31.7 Å². The summed E-state index contributed by atoms with van der Waals surface area (Å²) >= 11 is 0. The van der Waals surface area contributed by atoms with Crippen molar-refractivity contribution in [2.45, 2.75) is 44.1 Å². The molecule has 0 amide bonds. The minimum atomic E-state index is -4.27. The van der Waals surface area contributed by atoms with Crippen LogP contribution < -0.4 is 0 Å². The summed E-state index contributed by atoms with van der Waals surface area (Å²) in [7, 11) is 4.20. The quantitative estimate of drug-likeness (QED) is 0.820. The number of hydrogen-bond acceptors (Lipinski definition) is 3. The summed E-state index contributed by atoms with van der Waals surface area (Å²) in [4.78, 5) is 7.18. The molecule has 0 aliphatic carbocycles. The third kappa shape index (κ3) is 4.74. The fourth-order valence-electron chi connectivity index (χ4n) is 4.08. The van der Waals surface area contributed by atoms with Gasteiger partial charge in [0.25, 0.3) is 0 Å². The van der Waals surface area contributed by atoms with Gasteiger partial charge in [-0.05, 0) is 58.1 Å². The lowest BCUT2D eigenvalue weighted by Crippen LogP contribution is -2.44. The normalized spacial score (nSPS) is 24.3. The van der Waals surface area contributed by atoms with E-state index in [1.807, 2.05) is 7.05 Å². The van der Waals surface area contributed by atoms with Gasteiger partial charge in [0.2, 0.25) is 0 Å². The molecule has 2 fully saturated rings. The first-order valence-electron chi connectivity index (χ1n) is 9.12. The van der Waals surface area contributed by atoms with Crippen LogP contribution in [0.25, 0.3) is 0 Å². The van der Waals surface area contributed by atoms with Crippen molar-refractivity contribution < 1.29 is 13.2 Å². The molecule has 0 radical (unpaired) electrons. The van der Waals surface area contributed by atoms with Crippen molar-refractivity contribution in [1.29, 1.82) is 0 Å². The highest BCUT2D eigenvalue weighted by Gasteiger charge is 2.33. The van der Waals surface area contributed by atoms with Crippen molar-refractivity contribution >= 4 is 0 Å². The standard InChI is InChI=1S/C19H28F3N3/c1-23-9-6-17(7-10-23)25-11-8-18(14-25)24(2)13-15-4-3-5-16(12-15)19(20,21)22/h3-5,12,17-18H,6-11,13-14H2,1-2H3/t18-/m0/s1. The van der Waals surface area contributed by atoms with E-state index in [-0.39, 0.29) is 0 Å². The van der Waals surface area contributed by atoms with Gasteiger partial charge < -0.3 is 4.90 Å². The van der Waals surface area contributed by atoms with E-state index in [0.29, 0.717) is 18.6 Å². The van der Waals surface area contributed by atoms with E-state index < -0.39 is 11.7 Å². The van der Waals surface area contributed by atoms with E-state index in [1.54, 1.807) is 6.07 Å². The maximum absolute atomic E-state index is 12.9. The number of nitrogens with zero attached hydrogens (tertiary/aromatic N) is 3. The Morgan fingerprint density at radius 1 is 1.12 bits per heavy atom. The van der Waals surface area contributed by atoms with E-state index in [1.165, 1.54) is 25.0 Å². The SMILES string of the molecule is CN1CCC(N2CC[C@H](N(C)Cc3cccc(C(F)(F)F)c3)C2)CC1. The zero-order chi connectivity index (χ0) is 18.0. The highest BCUT2D eigenvalue weighted by Crippen LogP contribution is 2.30. The van der Waals surface area contributed by atoms with Gasteiger partial charge in [0.05, 0.1) is 5.56 Å². The van der Waals surface area contributed by atoms with Gasteiger partial charge in [-0.1, -0.05) is 18.2 Å². The third-order valence-electron chi connectivity index (χ3n) is 5.71. The van der Waals surface area contributed by atoms with Gasteiger partial charge in [-0.2, -0.15) is 13.2 Å². The lowest BCUT2D eigenvalue weighted by Gasteiger charge is -2.35. The Bertz CT molecular complexity index is 567. The molecule has 3 rings (SSSR count). The summed E-state index contributed by atoms with van der Waals surface area (Å²) in [6, 6.07) is 6.81. The van der Waals surface area contributed by atoms with Crippen molar-refractivity contribution in [3.8, 4) is 0 Å². The van der Waals surface area contributed by atoms with Crippen molar-refractivity contribution in [1.82, 2.24) is 14.7 Å². The molecule has 2 aliphatic rings. The Morgan fingerprint density at radius 2 is 1.84 bits per heavy atom. The van der Waals surface area contributed by atoms with Crippen LogP contribution in [-0.4, -0.2) is 67.1 Å². The molecule has 1 atom stereocenters. The first kappa shape index (κ1) is 18.7. The Kier molecular flexibility index (Phi) is 5.71. The predicted octanol–water partition coefficient (Wildman–Crippen LogP) is 3.31. The molecule has 2 aliphatic heterocycles. The van der Waals surface area contributed by atoms with Crippen LogP contribution in [0.4, 0.5) is 13.2 Å². The minimum Gasteiger partial charge on any atom is -0.306 e. The maximum atomic E-state index is 12.9. The largest absolute Gasteiger partial charge is 0.416 e. The first-order valence-corrected chi connectivity index (χ1v) is 9.12. The lowest BCUT2D eigenvalue weighted by molar-refractivity contribution is -0.137. The predicted molar refractivity (Wildman–Crippen MR) is 93.4 cm³/mol. The molecule has 0 spiro atoms. The van der Waals surface area contributed by atoms with E-state index in [2.05, 4.69) is 21.7 Å². The average Bonchev–Trinajstić information content (AvgIpc) is 3.05. The summed E-state index contributed by atoms with van der Waals surface area (Å²) in [6.45, 7) is 5.02. The van der Waals surface area contributed by atoms with Crippen LogP contribution in [0.2, 0.25) is 0 Å². The summed E-state index contributed by atoms with van der Waals surface area (Å²) in [5, 5.41) is 0. The molecule has 2 saturated heterocycles. The maximum Gasteiger partial charge on any atom is 0.416 e. The van der Waals surface area contributed by atoms with E-state index in [9.17, 15) is 13.2 Å². The highest BCUT2D eigenvalue weighted by molar-refractivity contribution is 5.25. The van der Waals surface area contributed by atoms with Crippen LogP contribution in [0.3, 0.4) is 0 Å². The fourth-order valence-corrected chi connectivity index (χ4v) is 4.08. The molecule has 0 bridgehead atoms. The second kappa shape index (κ2) is 7.64. The van der Waals surface area contributed by atoms with E-state index >= 15 is 0 Å². The second-order valence-corrected chi connectivity index (χ2v) is 7.59. The van der Waals surface area contributed by atoms with Crippen LogP contribution in [0.1, 0.15) is 30.4 Å². The van der Waals surface area contributed by atoms with Crippen molar-refractivity contribution in [3.05, 3.63) is 35.4 Å². The van der Waals surface area contributed by atoms with Crippen molar-refractivity contribution in [2.75, 3.05) is 40.3 Å². The summed E-state index contributed by atoms with van der Waals surface area (Å²) in [6.07, 6.45) is -0.726. The Labute approximate surface area is 148 Å². The van der Waals surface area contributed by atoms with Crippen LogP contribution >= 0.6 is 0 Å². The van der Waals surface area contributed by atoms with Crippen molar-refractivity contribution in [3.63, 3.8) is 0 Å². The molecule has 2 heterocycles. The Morgan fingerprint density at radius 3 is 2.52 bits per heavy atom. The average molecular weight is 355 g/mol. The molecule has 0 saturated carbocycles. The smallest absolute Gasteiger partial charge is 0.306 e. The molecule has 140 valence electrons. The number of likely N-dealkylation sites (tertiary alicyclic amines) is 2. The third-order valence-corrected chi connectivity index (χ3v) is 5.71. The number of alkyl halides is 3. The number of benzene rings is 1. The molecule has 0 N–H and O–H groups in total. The lowest BCUT2D eigenvalue weighted by atomic mass is 10.0. The summed E-state index contributed by atoms with van der Waals surface area (Å²) in [5.74, 6) is 0. The van der Waals surface area contributed by atoms with Crippen LogP contribution in [0.15, 0.2) is 24.3 Å². The van der Waals surface area contributed by atoms with Crippen LogP contribution in [0.5, 0.6) is 0 Å². The van der Waals surface area contributed by atoms with Crippen LogP contribution in [0, 0.1) is 0 Å². The van der Waals surface area contributed by atoms with Gasteiger partial charge in [-0.25, -0.2) is 0 Å². The summed E-state index contributed by atoms with van der Waals surface area (Å²) < 4.78 is 38.6. The molecule has 6 heteroatoms. The molecular weight excluding hydrogens is 327 g/mol. The number of piperidine rings is 1. The number of hydrogen-bond donors (Lipinski definition) is 0. The highest BCUT2D eigenvalue weighted by atomic mass is 19.4. The van der Waals surface area contributed by atoms with Gasteiger partial charge in [-0.3, -0.25) is 9.80 Å². The topological polar surface area (TPSA) is 9.72 Å². The van der Waals surface area contributed by atoms with Gasteiger partial charge >= 0.3 is 6.18 Å². The monoisotopic (exact) mass is 355 g/mol. The molecule has 1 aromatic carbocycles. The van der Waals surface area contributed by atoms with Gasteiger partial charge in [0.15, 0.2) is 0 Å². The molecule has 0 unspecified atom stereocenters. The van der Waals surface area contributed by atoms with Gasteiger partial charge in [-0.15, -0.1) is 0 Å². The summed E-state index contributed by atoms with van der Waals surface area (Å²) in [5.41, 5.74) is 0.174. The second-order valence-electron chi connectivity index (χ2n) is 7.59. The zero-order valence-electron chi connectivity index (χ0n) is 15.1. The van der Waals surface area contributed by atoms with E-state index in [4.69, 9.17) is 0 Å². The molecule has 0 aromatic heterocycles. The Balaban J connectivity index is 1.55. The molecule has 1 aromatic rings. The number of halogens is 3. The number of rotatable bonds is 4. The fraction of sp³-hybridized carbons (Fsp3) is 0.684. The minimum absolute atomic E-state index is 0.425. The van der Waals surface area contributed by atoms with Gasteiger partial charge in [0.1, 0.15) is 0 Å². The Hall–Kier alpha value is -1.11. The van der Waals surface area contributed by atoms with E-state index in [0.717, 1.165) is 44.2 Å². The zero-order valence-corrected chi connectivity index (χ0v) is 15.1. The van der Waals surface area contributed by atoms with Crippen LogP contribution in [-0.2, 0) is 12.7 Å². The van der Waals surface area contributed by atoms with Crippen molar-refractivity contribution in [2.24, 2.45) is 0 Å². The molecule has 25 heavy (non-hydrogen) atoms. The molecular formula is C19H28F3N3.